The molecule has 0 saturated heterocycles. The minimum atomic E-state index is -0.0265. The van der Waals surface area contributed by atoms with E-state index in [0.29, 0.717) is 19.1 Å². The first kappa shape index (κ1) is 16.0. The molecule has 1 aromatic rings. The van der Waals surface area contributed by atoms with Gasteiger partial charge in [0, 0.05) is 22.5 Å². The number of rotatable bonds is 8. The first-order valence-corrected chi connectivity index (χ1v) is 7.64. The van der Waals surface area contributed by atoms with Crippen LogP contribution in [0.5, 0.6) is 0 Å². The van der Waals surface area contributed by atoms with E-state index < -0.39 is 0 Å². The zero-order valence-corrected chi connectivity index (χ0v) is 13.2. The van der Waals surface area contributed by atoms with Gasteiger partial charge >= 0.3 is 0 Å². The monoisotopic (exact) mass is 334 g/mol. The van der Waals surface area contributed by atoms with Crippen LogP contribution in [0.1, 0.15) is 25.5 Å². The minimum absolute atomic E-state index is 0.0265. The molecule has 0 aliphatic carbocycles. The van der Waals surface area contributed by atoms with Gasteiger partial charge < -0.3 is 9.47 Å². The summed E-state index contributed by atoms with van der Waals surface area (Å²) in [5.41, 5.74) is 1.01. The van der Waals surface area contributed by atoms with E-state index in [1.165, 1.54) is 0 Å². The molecule has 1 atom stereocenters. The fraction of sp³-hybridized carbons (Fsp3) is 0.571. The van der Waals surface area contributed by atoms with E-state index in [4.69, 9.17) is 21.1 Å². The molecule has 0 aliphatic rings. The van der Waals surface area contributed by atoms with E-state index in [0.717, 1.165) is 22.5 Å². The fourth-order valence-electron chi connectivity index (χ4n) is 1.52. The van der Waals surface area contributed by atoms with Crippen molar-refractivity contribution in [1.82, 2.24) is 0 Å². The Balaban J connectivity index is 2.36. The Morgan fingerprint density at radius 2 is 1.94 bits per heavy atom. The largest absolute Gasteiger partial charge is 0.379 e. The summed E-state index contributed by atoms with van der Waals surface area (Å²) in [6.45, 7) is 6.23. The van der Waals surface area contributed by atoms with Gasteiger partial charge in [0.2, 0.25) is 0 Å². The molecule has 18 heavy (non-hydrogen) atoms. The maximum Gasteiger partial charge on any atom is 0.0937 e. The van der Waals surface area contributed by atoms with Crippen LogP contribution in [0.2, 0.25) is 5.02 Å². The standard InChI is InChI=1S/C14H20BrClO2/c1-11(2)10-17-7-8-18-14(9-15)12-5-3-4-6-13(12)16/h3-6,11,14H,7-10H2,1-2H3. The van der Waals surface area contributed by atoms with Crippen LogP contribution in [-0.4, -0.2) is 25.2 Å². The smallest absolute Gasteiger partial charge is 0.0937 e. The van der Waals surface area contributed by atoms with E-state index in [2.05, 4.69) is 29.8 Å². The van der Waals surface area contributed by atoms with Crippen molar-refractivity contribution in [3.8, 4) is 0 Å². The number of ether oxygens (including phenoxy) is 2. The molecule has 0 aliphatic heterocycles. The van der Waals surface area contributed by atoms with E-state index in [1.54, 1.807) is 0 Å². The van der Waals surface area contributed by atoms with Gasteiger partial charge in [-0.2, -0.15) is 0 Å². The zero-order valence-electron chi connectivity index (χ0n) is 10.9. The topological polar surface area (TPSA) is 18.5 Å². The predicted molar refractivity (Wildman–Crippen MR) is 79.6 cm³/mol. The molecule has 1 aromatic carbocycles. The third kappa shape index (κ3) is 5.70. The molecule has 0 fully saturated rings. The van der Waals surface area contributed by atoms with Gasteiger partial charge in [0.15, 0.2) is 0 Å². The molecule has 1 rings (SSSR count). The maximum atomic E-state index is 6.15. The van der Waals surface area contributed by atoms with Gasteiger partial charge in [-0.05, 0) is 12.0 Å². The highest BCUT2D eigenvalue weighted by atomic mass is 79.9. The molecule has 1 unspecified atom stereocenters. The minimum Gasteiger partial charge on any atom is -0.379 e. The van der Waals surface area contributed by atoms with E-state index in [-0.39, 0.29) is 6.10 Å². The number of hydrogen-bond donors (Lipinski definition) is 0. The van der Waals surface area contributed by atoms with Crippen LogP contribution in [-0.2, 0) is 9.47 Å². The fourth-order valence-corrected chi connectivity index (χ4v) is 2.32. The maximum absolute atomic E-state index is 6.15. The molecule has 4 heteroatoms. The van der Waals surface area contributed by atoms with Crippen LogP contribution >= 0.6 is 27.5 Å². The molecule has 2 nitrogen and oxygen atoms in total. The van der Waals surface area contributed by atoms with E-state index >= 15 is 0 Å². The second-order valence-corrected chi connectivity index (χ2v) is 5.56. The van der Waals surface area contributed by atoms with Gasteiger partial charge in [0.25, 0.3) is 0 Å². The Bertz CT molecular complexity index is 344. The molecule has 0 amide bonds. The second kappa shape index (κ2) is 8.92. The Hall–Kier alpha value is -0.0900. The summed E-state index contributed by atoms with van der Waals surface area (Å²) in [7, 11) is 0. The molecule has 0 bridgehead atoms. The summed E-state index contributed by atoms with van der Waals surface area (Å²) in [5.74, 6) is 0.556. The normalized spacial score (nSPS) is 12.9. The molecular formula is C14H20BrClO2. The lowest BCUT2D eigenvalue weighted by atomic mass is 10.1. The first-order valence-electron chi connectivity index (χ1n) is 6.15. The van der Waals surface area contributed by atoms with Gasteiger partial charge in [-0.15, -0.1) is 0 Å². The Kier molecular flexibility index (Phi) is 7.91. The number of hydrogen-bond acceptors (Lipinski definition) is 2. The molecule has 102 valence electrons. The van der Waals surface area contributed by atoms with Crippen LogP contribution in [0, 0.1) is 5.92 Å². The van der Waals surface area contributed by atoms with Crippen LogP contribution < -0.4 is 0 Å². The first-order chi connectivity index (χ1) is 8.65. The summed E-state index contributed by atoms with van der Waals surface area (Å²) in [5, 5.41) is 1.46. The van der Waals surface area contributed by atoms with Gasteiger partial charge in [-0.1, -0.05) is 59.6 Å². The third-order valence-corrected chi connectivity index (χ3v) is 3.32. The quantitative estimate of drug-likeness (QED) is 0.515. The Labute approximate surface area is 123 Å². The highest BCUT2D eigenvalue weighted by molar-refractivity contribution is 9.09. The average molecular weight is 336 g/mol. The van der Waals surface area contributed by atoms with Crippen LogP contribution in [0.15, 0.2) is 24.3 Å². The average Bonchev–Trinajstić information content (AvgIpc) is 2.35. The van der Waals surface area contributed by atoms with Crippen molar-refractivity contribution in [3.05, 3.63) is 34.9 Å². The summed E-state index contributed by atoms with van der Waals surface area (Å²) in [4.78, 5) is 0. The van der Waals surface area contributed by atoms with Gasteiger partial charge in [-0.3, -0.25) is 0 Å². The highest BCUT2D eigenvalue weighted by Crippen LogP contribution is 2.26. The van der Waals surface area contributed by atoms with Gasteiger partial charge in [-0.25, -0.2) is 0 Å². The lowest BCUT2D eigenvalue weighted by molar-refractivity contribution is 0.00764. The zero-order chi connectivity index (χ0) is 13.4. The van der Waals surface area contributed by atoms with Gasteiger partial charge in [0.05, 0.1) is 19.3 Å². The molecule has 0 aromatic heterocycles. The van der Waals surface area contributed by atoms with Crippen molar-refractivity contribution >= 4 is 27.5 Å². The molecule has 0 heterocycles. The van der Waals surface area contributed by atoms with Gasteiger partial charge in [0.1, 0.15) is 0 Å². The summed E-state index contributed by atoms with van der Waals surface area (Å²) in [6, 6.07) is 7.76. The number of halogens is 2. The number of benzene rings is 1. The van der Waals surface area contributed by atoms with E-state index in [9.17, 15) is 0 Å². The van der Waals surface area contributed by atoms with Crippen LogP contribution in [0.25, 0.3) is 0 Å². The second-order valence-electron chi connectivity index (χ2n) is 4.50. The molecule has 0 spiro atoms. The summed E-state index contributed by atoms with van der Waals surface area (Å²) >= 11 is 9.60. The lowest BCUT2D eigenvalue weighted by Crippen LogP contribution is -2.13. The van der Waals surface area contributed by atoms with Crippen LogP contribution in [0.4, 0.5) is 0 Å². The van der Waals surface area contributed by atoms with Crippen molar-refractivity contribution in [1.29, 1.82) is 0 Å². The number of alkyl halides is 1. The molecule has 0 N–H and O–H groups in total. The SMILES string of the molecule is CC(C)COCCOC(CBr)c1ccccc1Cl. The van der Waals surface area contributed by atoms with Crippen molar-refractivity contribution in [2.75, 3.05) is 25.2 Å². The highest BCUT2D eigenvalue weighted by Gasteiger charge is 2.13. The Morgan fingerprint density at radius 1 is 1.22 bits per heavy atom. The lowest BCUT2D eigenvalue weighted by Gasteiger charge is -2.17. The summed E-state index contributed by atoms with van der Waals surface area (Å²) < 4.78 is 11.3. The van der Waals surface area contributed by atoms with Crippen molar-refractivity contribution < 1.29 is 9.47 Å². The Morgan fingerprint density at radius 3 is 2.56 bits per heavy atom. The molecular weight excluding hydrogens is 316 g/mol. The van der Waals surface area contributed by atoms with Crippen LogP contribution in [0.3, 0.4) is 0 Å². The third-order valence-electron chi connectivity index (χ3n) is 2.39. The van der Waals surface area contributed by atoms with Crippen molar-refractivity contribution in [2.45, 2.75) is 20.0 Å². The van der Waals surface area contributed by atoms with E-state index in [1.807, 2.05) is 24.3 Å². The molecule has 0 saturated carbocycles. The van der Waals surface area contributed by atoms with Crippen molar-refractivity contribution in [2.24, 2.45) is 5.92 Å². The predicted octanol–water partition coefficient (Wildman–Crippen LogP) is 4.47. The summed E-state index contributed by atoms with van der Waals surface area (Å²) in [6.07, 6.45) is -0.0265. The molecule has 0 radical (unpaired) electrons. The van der Waals surface area contributed by atoms with Crippen molar-refractivity contribution in [3.63, 3.8) is 0 Å².